The lowest BCUT2D eigenvalue weighted by Gasteiger charge is -2.42. The topological polar surface area (TPSA) is 39.6 Å². The summed E-state index contributed by atoms with van der Waals surface area (Å²) < 4.78 is 0. The fourth-order valence-corrected chi connectivity index (χ4v) is 3.50. The van der Waals surface area contributed by atoms with Crippen molar-refractivity contribution in [3.8, 4) is 0 Å². The number of aliphatic hydroxyl groups is 1. The molecule has 1 aromatic rings. The van der Waals surface area contributed by atoms with Crippen LogP contribution in [0.4, 0.5) is 5.13 Å². The zero-order chi connectivity index (χ0) is 13.4. The van der Waals surface area contributed by atoms with Crippen molar-refractivity contribution in [3.63, 3.8) is 0 Å². The molecule has 3 unspecified atom stereocenters. The number of aryl methyl sites for hydroxylation is 1. The first-order valence-corrected chi connectivity index (χ1v) is 7.34. The zero-order valence-corrected chi connectivity index (χ0v) is 12.7. The highest BCUT2D eigenvalue weighted by Gasteiger charge is 2.28. The summed E-state index contributed by atoms with van der Waals surface area (Å²) in [6.07, 6.45) is -0.418. The van der Waals surface area contributed by atoms with Gasteiger partial charge in [-0.05, 0) is 34.7 Å². The van der Waals surface area contributed by atoms with Crippen molar-refractivity contribution in [2.45, 2.75) is 45.9 Å². The summed E-state index contributed by atoms with van der Waals surface area (Å²) >= 11 is 1.63. The van der Waals surface area contributed by atoms with E-state index in [1.54, 1.807) is 18.3 Å². The number of hydrogen-bond donors (Lipinski definition) is 1. The molecule has 1 aromatic heterocycles. The summed E-state index contributed by atoms with van der Waals surface area (Å²) in [7, 11) is 2.18. The standard InChI is InChI=1S/C13H23N3OS/c1-8-6-16(7-9(2)15(8)5)13-14-10(3)12(18-13)11(4)17/h8-9,11,17H,6-7H2,1-5H3. The van der Waals surface area contributed by atoms with Crippen LogP contribution in [0.2, 0.25) is 0 Å². The minimum atomic E-state index is -0.418. The van der Waals surface area contributed by atoms with E-state index < -0.39 is 6.10 Å². The van der Waals surface area contributed by atoms with E-state index in [-0.39, 0.29) is 0 Å². The molecule has 0 bridgehead atoms. The van der Waals surface area contributed by atoms with Crippen LogP contribution in [0.25, 0.3) is 0 Å². The van der Waals surface area contributed by atoms with E-state index in [4.69, 9.17) is 0 Å². The normalized spacial score (nSPS) is 27.6. The van der Waals surface area contributed by atoms with Gasteiger partial charge in [-0.2, -0.15) is 0 Å². The lowest BCUT2D eigenvalue weighted by atomic mass is 10.1. The van der Waals surface area contributed by atoms with E-state index in [9.17, 15) is 5.11 Å². The van der Waals surface area contributed by atoms with Crippen LogP contribution in [0.15, 0.2) is 0 Å². The summed E-state index contributed by atoms with van der Waals surface area (Å²) in [5.74, 6) is 0. The summed E-state index contributed by atoms with van der Waals surface area (Å²) in [6.45, 7) is 10.3. The number of hydrogen-bond acceptors (Lipinski definition) is 5. The fraction of sp³-hybridized carbons (Fsp3) is 0.769. The molecule has 0 saturated carbocycles. The van der Waals surface area contributed by atoms with Crippen LogP contribution in [0.3, 0.4) is 0 Å². The van der Waals surface area contributed by atoms with Gasteiger partial charge in [0.25, 0.3) is 0 Å². The molecular weight excluding hydrogens is 246 g/mol. The van der Waals surface area contributed by atoms with Gasteiger partial charge >= 0.3 is 0 Å². The maximum absolute atomic E-state index is 9.71. The van der Waals surface area contributed by atoms with Crippen LogP contribution in [-0.2, 0) is 0 Å². The number of rotatable bonds is 2. The molecule has 1 fully saturated rings. The van der Waals surface area contributed by atoms with Crippen molar-refractivity contribution in [3.05, 3.63) is 10.6 Å². The molecule has 1 saturated heterocycles. The molecule has 102 valence electrons. The molecule has 2 heterocycles. The molecule has 0 amide bonds. The number of aliphatic hydroxyl groups excluding tert-OH is 1. The van der Waals surface area contributed by atoms with Gasteiger partial charge in [-0.1, -0.05) is 11.3 Å². The van der Waals surface area contributed by atoms with Gasteiger partial charge in [-0.3, -0.25) is 4.90 Å². The van der Waals surface area contributed by atoms with E-state index in [1.807, 2.05) is 6.92 Å². The number of aromatic nitrogens is 1. The molecule has 0 aliphatic carbocycles. The fourth-order valence-electron chi connectivity index (χ4n) is 2.48. The highest BCUT2D eigenvalue weighted by Crippen LogP contribution is 2.32. The average Bonchev–Trinajstić information content (AvgIpc) is 2.67. The molecule has 18 heavy (non-hydrogen) atoms. The molecule has 4 nitrogen and oxygen atoms in total. The van der Waals surface area contributed by atoms with E-state index >= 15 is 0 Å². The molecular formula is C13H23N3OS. The van der Waals surface area contributed by atoms with Crippen molar-refractivity contribution in [1.29, 1.82) is 0 Å². The van der Waals surface area contributed by atoms with Gasteiger partial charge in [0, 0.05) is 25.2 Å². The van der Waals surface area contributed by atoms with Crippen LogP contribution < -0.4 is 4.90 Å². The smallest absolute Gasteiger partial charge is 0.185 e. The lowest BCUT2D eigenvalue weighted by molar-refractivity contribution is 0.170. The highest BCUT2D eigenvalue weighted by atomic mass is 32.1. The lowest BCUT2D eigenvalue weighted by Crippen LogP contribution is -2.55. The predicted molar refractivity (Wildman–Crippen MR) is 76.4 cm³/mol. The number of anilines is 1. The molecule has 0 radical (unpaired) electrons. The third kappa shape index (κ3) is 2.53. The van der Waals surface area contributed by atoms with Crippen molar-refractivity contribution in [2.24, 2.45) is 0 Å². The van der Waals surface area contributed by atoms with E-state index in [1.165, 1.54) is 0 Å². The maximum atomic E-state index is 9.71. The first-order valence-electron chi connectivity index (χ1n) is 6.52. The second-order valence-corrected chi connectivity index (χ2v) is 6.40. The number of piperazine rings is 1. The molecule has 3 atom stereocenters. The third-order valence-corrected chi connectivity index (χ3v) is 5.22. The van der Waals surface area contributed by atoms with Crippen LogP contribution >= 0.6 is 11.3 Å². The van der Waals surface area contributed by atoms with Crippen LogP contribution in [0, 0.1) is 6.92 Å². The van der Waals surface area contributed by atoms with Gasteiger partial charge in [-0.25, -0.2) is 4.98 Å². The van der Waals surface area contributed by atoms with Gasteiger partial charge in [-0.15, -0.1) is 0 Å². The van der Waals surface area contributed by atoms with Crippen molar-refractivity contribution < 1.29 is 5.11 Å². The number of nitrogens with zero attached hydrogens (tertiary/aromatic N) is 3. The van der Waals surface area contributed by atoms with E-state index in [2.05, 4.69) is 35.7 Å². The Hall–Kier alpha value is -0.650. The summed E-state index contributed by atoms with van der Waals surface area (Å²) in [5.41, 5.74) is 0.962. The molecule has 1 N–H and O–H groups in total. The van der Waals surface area contributed by atoms with Crippen LogP contribution in [0.1, 0.15) is 37.4 Å². The van der Waals surface area contributed by atoms with Crippen LogP contribution in [-0.4, -0.2) is 47.2 Å². The number of thiazole rings is 1. The molecule has 2 rings (SSSR count). The largest absolute Gasteiger partial charge is 0.388 e. The van der Waals surface area contributed by atoms with Gasteiger partial charge in [0.1, 0.15) is 0 Å². The maximum Gasteiger partial charge on any atom is 0.185 e. The Morgan fingerprint density at radius 1 is 1.33 bits per heavy atom. The van der Waals surface area contributed by atoms with Crippen molar-refractivity contribution in [2.75, 3.05) is 25.0 Å². The first-order chi connectivity index (χ1) is 8.40. The third-order valence-electron chi connectivity index (χ3n) is 3.83. The Bertz CT molecular complexity index is 406. The average molecular weight is 269 g/mol. The van der Waals surface area contributed by atoms with Crippen molar-refractivity contribution in [1.82, 2.24) is 9.88 Å². The SMILES string of the molecule is Cc1nc(N2CC(C)N(C)C(C)C2)sc1C(C)O. The van der Waals surface area contributed by atoms with E-state index in [0.29, 0.717) is 12.1 Å². The predicted octanol–water partition coefficient (Wildman–Crippen LogP) is 2.03. The number of likely N-dealkylation sites (N-methyl/N-ethyl adjacent to an activating group) is 1. The molecule has 1 aliphatic rings. The summed E-state index contributed by atoms with van der Waals surface area (Å²) in [4.78, 5) is 10.4. The molecule has 0 spiro atoms. The van der Waals surface area contributed by atoms with Gasteiger partial charge in [0.2, 0.25) is 0 Å². The second-order valence-electron chi connectivity index (χ2n) is 5.39. The minimum absolute atomic E-state index is 0.418. The second kappa shape index (κ2) is 5.15. The van der Waals surface area contributed by atoms with Gasteiger partial charge < -0.3 is 10.0 Å². The van der Waals surface area contributed by atoms with Crippen LogP contribution in [0.5, 0.6) is 0 Å². The summed E-state index contributed by atoms with van der Waals surface area (Å²) in [5, 5.41) is 10.8. The minimum Gasteiger partial charge on any atom is -0.388 e. The van der Waals surface area contributed by atoms with Gasteiger partial charge in [0.15, 0.2) is 5.13 Å². The van der Waals surface area contributed by atoms with E-state index in [0.717, 1.165) is 28.8 Å². The monoisotopic (exact) mass is 269 g/mol. The Labute approximate surface area is 113 Å². The Kier molecular flexibility index (Phi) is 3.94. The molecule has 5 heteroatoms. The summed E-state index contributed by atoms with van der Waals surface area (Å²) in [6, 6.07) is 1.07. The Morgan fingerprint density at radius 2 is 1.89 bits per heavy atom. The zero-order valence-electron chi connectivity index (χ0n) is 11.8. The molecule has 1 aliphatic heterocycles. The molecule has 0 aromatic carbocycles. The quantitative estimate of drug-likeness (QED) is 0.892. The first kappa shape index (κ1) is 13.8. The Balaban J connectivity index is 2.19. The van der Waals surface area contributed by atoms with Crippen molar-refractivity contribution >= 4 is 16.5 Å². The van der Waals surface area contributed by atoms with Gasteiger partial charge in [0.05, 0.1) is 16.7 Å². The Morgan fingerprint density at radius 3 is 2.33 bits per heavy atom. The highest BCUT2D eigenvalue weighted by molar-refractivity contribution is 7.15.